The predicted molar refractivity (Wildman–Crippen MR) is 193 cm³/mol. The number of carbonyl (C=O) groups excluding carboxylic acids is 5. The van der Waals surface area contributed by atoms with Gasteiger partial charge in [-0.25, -0.2) is 13.1 Å². The molecular weight excluding hydrogens is 711 g/mol. The Hall–Kier alpha value is -3.83. The summed E-state index contributed by atoms with van der Waals surface area (Å²) in [5, 5.41) is 24.8. The van der Waals surface area contributed by atoms with Crippen LogP contribution < -0.4 is 16.4 Å². The van der Waals surface area contributed by atoms with Crippen LogP contribution in [0.4, 0.5) is 0 Å². The highest BCUT2D eigenvalue weighted by molar-refractivity contribution is 7.99. The number of nitrogens with zero attached hydrogens (tertiary/aromatic N) is 4. The van der Waals surface area contributed by atoms with E-state index in [2.05, 4.69) is 20.9 Å². The fourth-order valence-corrected chi connectivity index (χ4v) is 9.59. The molecule has 284 valence electrons. The molecule has 52 heavy (non-hydrogen) atoms. The largest absolute Gasteiger partial charge is 0.384 e. The zero-order valence-electron chi connectivity index (χ0n) is 29.9. The first-order chi connectivity index (χ1) is 24.6. The molecule has 4 amide bonds. The number of hydrogen-bond donors (Lipinski definition) is 4. The van der Waals surface area contributed by atoms with Crippen LogP contribution in [0.5, 0.6) is 0 Å². The van der Waals surface area contributed by atoms with Gasteiger partial charge in [0.25, 0.3) is 11.8 Å². The van der Waals surface area contributed by atoms with Gasteiger partial charge in [0, 0.05) is 18.5 Å². The summed E-state index contributed by atoms with van der Waals surface area (Å²) in [7, 11) is -3.49. The minimum Gasteiger partial charge on any atom is -0.384 e. The van der Waals surface area contributed by atoms with Gasteiger partial charge in [0.15, 0.2) is 9.84 Å². The third kappa shape index (κ3) is 8.68. The molecule has 3 atom stereocenters. The van der Waals surface area contributed by atoms with Crippen LogP contribution in [-0.4, -0.2) is 104 Å². The van der Waals surface area contributed by atoms with Crippen molar-refractivity contribution in [3.63, 3.8) is 0 Å². The maximum Gasteiger partial charge on any atom is 0.287 e. The normalized spacial score (nSPS) is 21.7. The molecule has 15 nitrogen and oxygen atoms in total. The number of benzene rings is 1. The second-order valence-electron chi connectivity index (χ2n) is 14.6. The van der Waals surface area contributed by atoms with E-state index in [-0.39, 0.29) is 47.9 Å². The van der Waals surface area contributed by atoms with Gasteiger partial charge in [0.05, 0.1) is 28.6 Å². The first kappa shape index (κ1) is 39.4. The van der Waals surface area contributed by atoms with Crippen molar-refractivity contribution in [1.82, 2.24) is 30.5 Å². The standard InChI is InChI=1S/C35H49N7O8S2/c1-4-52(49,50)25-12-10-23(11-13-25)31(45)38-26(18-22-8-6-5-7-9-22)33(47)41-21-24(42-28(20-37-40-42)34(2,3)48)19-27(41)32(46)39-35(29(43)30(36)44)14-16-51-17-15-35/h10-13,20,22,24,26-27,48H,4-9,14-19,21H2,1-3H3,(H2,36,44)(H,38,45)(H,39,46)/t24?,26-,27?/m1/s1. The third-order valence-corrected chi connectivity index (χ3v) is 13.3. The number of rotatable bonds is 13. The van der Waals surface area contributed by atoms with Crippen LogP contribution in [0.15, 0.2) is 35.4 Å². The summed E-state index contributed by atoms with van der Waals surface area (Å²) in [6.45, 7) is 4.66. The van der Waals surface area contributed by atoms with Crippen LogP contribution in [-0.2, 0) is 34.6 Å². The molecule has 0 radical (unpaired) electrons. The average Bonchev–Trinajstić information content (AvgIpc) is 3.80. The Bertz CT molecular complexity index is 1760. The molecule has 2 saturated heterocycles. The van der Waals surface area contributed by atoms with E-state index in [4.69, 9.17) is 5.73 Å². The van der Waals surface area contributed by atoms with Gasteiger partial charge >= 0.3 is 0 Å². The fourth-order valence-electron chi connectivity index (χ4n) is 7.52. The van der Waals surface area contributed by atoms with Crippen LogP contribution in [0.25, 0.3) is 0 Å². The van der Waals surface area contributed by atoms with Crippen molar-refractivity contribution in [2.45, 2.75) is 113 Å². The van der Waals surface area contributed by atoms with Gasteiger partial charge < -0.3 is 26.4 Å². The fraction of sp³-hybridized carbons (Fsp3) is 0.629. The number of amides is 4. The number of aliphatic hydroxyl groups is 1. The van der Waals surface area contributed by atoms with Crippen molar-refractivity contribution in [1.29, 1.82) is 0 Å². The second-order valence-corrected chi connectivity index (χ2v) is 18.1. The van der Waals surface area contributed by atoms with Crippen LogP contribution in [0.3, 0.4) is 0 Å². The summed E-state index contributed by atoms with van der Waals surface area (Å²) in [4.78, 5) is 69.5. The lowest BCUT2D eigenvalue weighted by Crippen LogP contribution is -2.63. The van der Waals surface area contributed by atoms with Crippen LogP contribution >= 0.6 is 11.8 Å². The van der Waals surface area contributed by atoms with Gasteiger partial charge in [-0.3, -0.25) is 24.0 Å². The van der Waals surface area contributed by atoms with E-state index in [1.165, 1.54) is 47.0 Å². The number of thioether (sulfide) groups is 1. The molecule has 1 aromatic carbocycles. The van der Waals surface area contributed by atoms with E-state index in [9.17, 15) is 37.5 Å². The molecule has 3 fully saturated rings. The van der Waals surface area contributed by atoms with Gasteiger partial charge in [-0.1, -0.05) is 44.2 Å². The molecule has 5 rings (SSSR count). The Morgan fingerprint density at radius 3 is 2.33 bits per heavy atom. The van der Waals surface area contributed by atoms with Crippen molar-refractivity contribution < 1.29 is 37.5 Å². The topological polar surface area (TPSA) is 224 Å². The number of hydrogen-bond acceptors (Lipinski definition) is 11. The molecule has 17 heteroatoms. The maximum absolute atomic E-state index is 14.7. The van der Waals surface area contributed by atoms with E-state index < -0.39 is 68.5 Å². The number of sulfone groups is 1. The van der Waals surface area contributed by atoms with Gasteiger partial charge in [-0.2, -0.15) is 11.8 Å². The van der Waals surface area contributed by atoms with E-state index in [0.29, 0.717) is 23.6 Å². The monoisotopic (exact) mass is 759 g/mol. The minimum absolute atomic E-state index is 0.0173. The lowest BCUT2D eigenvalue weighted by Gasteiger charge is -2.37. The number of primary amides is 1. The minimum atomic E-state index is -3.49. The summed E-state index contributed by atoms with van der Waals surface area (Å²) in [6, 6.07) is 2.76. The van der Waals surface area contributed by atoms with Crippen molar-refractivity contribution in [3.8, 4) is 0 Å². The Morgan fingerprint density at radius 2 is 1.73 bits per heavy atom. The second kappa shape index (κ2) is 16.0. The highest BCUT2D eigenvalue weighted by Crippen LogP contribution is 2.35. The zero-order chi connectivity index (χ0) is 37.8. The van der Waals surface area contributed by atoms with E-state index in [1.54, 1.807) is 25.6 Å². The van der Waals surface area contributed by atoms with Crippen molar-refractivity contribution in [2.24, 2.45) is 11.7 Å². The van der Waals surface area contributed by atoms with Gasteiger partial charge in [-0.05, 0) is 74.8 Å². The maximum atomic E-state index is 14.7. The van der Waals surface area contributed by atoms with Crippen LogP contribution in [0.2, 0.25) is 0 Å². The lowest BCUT2D eigenvalue weighted by molar-refractivity contribution is -0.145. The molecule has 3 aliphatic rings. The molecule has 2 aliphatic heterocycles. The Labute approximate surface area is 308 Å². The number of aromatic nitrogens is 3. The van der Waals surface area contributed by atoms with Crippen LogP contribution in [0, 0.1) is 5.92 Å². The Balaban J connectivity index is 1.48. The van der Waals surface area contributed by atoms with Crippen molar-refractivity contribution in [2.75, 3.05) is 23.8 Å². The number of ketones is 1. The average molecular weight is 760 g/mol. The summed E-state index contributed by atoms with van der Waals surface area (Å²) < 4.78 is 26.2. The van der Waals surface area contributed by atoms with E-state index >= 15 is 0 Å². The first-order valence-electron chi connectivity index (χ1n) is 17.9. The highest BCUT2D eigenvalue weighted by Gasteiger charge is 2.49. The molecule has 1 aliphatic carbocycles. The summed E-state index contributed by atoms with van der Waals surface area (Å²) in [5.74, 6) is -2.69. The predicted octanol–water partition coefficient (Wildman–Crippen LogP) is 1.65. The summed E-state index contributed by atoms with van der Waals surface area (Å²) >= 11 is 1.59. The number of nitrogens with two attached hydrogens (primary N) is 1. The Morgan fingerprint density at radius 1 is 1.08 bits per heavy atom. The molecule has 1 aromatic heterocycles. The SMILES string of the molecule is CCS(=O)(=O)c1ccc(C(=O)N[C@H](CC2CCCCC2)C(=O)N2CC(n3nncc3C(C)(C)O)CC2C(=O)NC2(C(=O)C(N)=O)CCSCC2)cc1. The Kier molecular flexibility index (Phi) is 12.1. The van der Waals surface area contributed by atoms with Crippen molar-refractivity contribution >= 4 is 51.0 Å². The number of nitrogens with one attached hydrogen (secondary N) is 2. The molecule has 1 saturated carbocycles. The van der Waals surface area contributed by atoms with E-state index in [0.717, 1.165) is 32.1 Å². The summed E-state index contributed by atoms with van der Waals surface area (Å²) in [6.07, 6.45) is 6.99. The smallest absolute Gasteiger partial charge is 0.287 e. The van der Waals surface area contributed by atoms with Gasteiger partial charge in [-0.15, -0.1) is 5.10 Å². The van der Waals surface area contributed by atoms with Gasteiger partial charge in [0.1, 0.15) is 23.2 Å². The lowest BCUT2D eigenvalue weighted by atomic mass is 9.84. The zero-order valence-corrected chi connectivity index (χ0v) is 31.5. The molecule has 2 aromatic rings. The molecule has 3 heterocycles. The summed E-state index contributed by atoms with van der Waals surface area (Å²) in [5.41, 5.74) is 3.12. The molecular formula is C35H49N7O8S2. The quantitative estimate of drug-likeness (QED) is 0.215. The molecule has 0 spiro atoms. The van der Waals surface area contributed by atoms with Crippen LogP contribution in [0.1, 0.15) is 101 Å². The third-order valence-electron chi connectivity index (χ3n) is 10.5. The van der Waals surface area contributed by atoms with Gasteiger partial charge in [0.2, 0.25) is 17.6 Å². The number of carbonyl (C=O) groups is 5. The molecule has 2 unspecified atom stereocenters. The molecule has 0 bridgehead atoms. The number of Topliss-reactive ketones (excluding diaryl/α,β-unsaturated/α-hetero) is 1. The first-order valence-corrected chi connectivity index (χ1v) is 20.7. The highest BCUT2D eigenvalue weighted by atomic mass is 32.2. The van der Waals surface area contributed by atoms with Crippen molar-refractivity contribution in [3.05, 3.63) is 41.7 Å². The molecule has 5 N–H and O–H groups in total. The van der Waals surface area contributed by atoms with E-state index in [1.807, 2.05) is 0 Å². The number of likely N-dealkylation sites (tertiary alicyclic amines) is 1.